The topological polar surface area (TPSA) is 108 Å². The molecule has 7 nitrogen and oxygen atoms in total. The summed E-state index contributed by atoms with van der Waals surface area (Å²) in [6.07, 6.45) is 0. The lowest BCUT2D eigenvalue weighted by Crippen LogP contribution is -2.10. The summed E-state index contributed by atoms with van der Waals surface area (Å²) in [5, 5.41) is 14.6. The molecular weight excluding hydrogens is 316 g/mol. The van der Waals surface area contributed by atoms with Crippen molar-refractivity contribution in [2.45, 2.75) is 12.8 Å². The molecule has 0 saturated carbocycles. The average Bonchev–Trinajstić information content (AvgIpc) is 2.86. The summed E-state index contributed by atoms with van der Waals surface area (Å²) >= 11 is 3.21. The van der Waals surface area contributed by atoms with Crippen molar-refractivity contribution < 1.29 is 9.45 Å². The molecule has 0 amide bonds. The van der Waals surface area contributed by atoms with Gasteiger partial charge in [-0.15, -0.1) is 0 Å². The molecule has 0 spiro atoms. The van der Waals surface area contributed by atoms with Crippen molar-refractivity contribution in [1.29, 1.82) is 0 Å². The average molecular weight is 327 g/mol. The van der Waals surface area contributed by atoms with Gasteiger partial charge in [0.25, 0.3) is 11.6 Å². The summed E-state index contributed by atoms with van der Waals surface area (Å²) in [6, 6.07) is 4.47. The van der Waals surface area contributed by atoms with Gasteiger partial charge in [-0.25, -0.2) is 0 Å². The fourth-order valence-corrected chi connectivity index (χ4v) is 1.94. The zero-order valence-corrected chi connectivity index (χ0v) is 11.6. The van der Waals surface area contributed by atoms with Crippen LogP contribution in [0.5, 0.6) is 0 Å². The zero-order valence-electron chi connectivity index (χ0n) is 10.0. The minimum absolute atomic E-state index is 0.0281. The molecular formula is C11H11BrN4O3. The van der Waals surface area contributed by atoms with E-state index in [0.717, 1.165) is 0 Å². The predicted molar refractivity (Wildman–Crippen MR) is 71.6 cm³/mol. The van der Waals surface area contributed by atoms with Gasteiger partial charge < -0.3 is 10.3 Å². The Labute approximate surface area is 117 Å². The standard InChI is InChI=1S/C11H11BrN4O3/c1-6(5-13)10-14-11(19-15-10)7-2-8(12)4-9(3-7)16(17)18/h2-4,6H,5,13H2,1H3. The summed E-state index contributed by atoms with van der Waals surface area (Å²) in [5.41, 5.74) is 5.97. The first-order chi connectivity index (χ1) is 9.01. The second kappa shape index (κ2) is 5.45. The molecule has 1 heterocycles. The highest BCUT2D eigenvalue weighted by molar-refractivity contribution is 9.10. The van der Waals surface area contributed by atoms with Crippen molar-refractivity contribution in [3.05, 3.63) is 38.6 Å². The van der Waals surface area contributed by atoms with E-state index in [4.69, 9.17) is 10.3 Å². The zero-order chi connectivity index (χ0) is 14.0. The second-order valence-electron chi connectivity index (χ2n) is 4.05. The van der Waals surface area contributed by atoms with Crippen LogP contribution in [-0.2, 0) is 0 Å². The normalized spacial score (nSPS) is 12.4. The number of benzene rings is 1. The summed E-state index contributed by atoms with van der Waals surface area (Å²) in [4.78, 5) is 14.5. The monoisotopic (exact) mass is 326 g/mol. The molecule has 2 aromatic rings. The summed E-state index contributed by atoms with van der Waals surface area (Å²) in [7, 11) is 0. The van der Waals surface area contributed by atoms with Gasteiger partial charge in [0, 0.05) is 34.6 Å². The van der Waals surface area contributed by atoms with Crippen LogP contribution in [0.3, 0.4) is 0 Å². The molecule has 1 unspecified atom stereocenters. The van der Waals surface area contributed by atoms with Crippen molar-refractivity contribution in [2.75, 3.05) is 6.54 Å². The van der Waals surface area contributed by atoms with Crippen LogP contribution in [-0.4, -0.2) is 21.6 Å². The number of hydrogen-bond acceptors (Lipinski definition) is 6. The predicted octanol–water partition coefficient (Wildman–Crippen LogP) is 2.47. The van der Waals surface area contributed by atoms with Crippen LogP contribution < -0.4 is 5.73 Å². The van der Waals surface area contributed by atoms with Gasteiger partial charge in [0.2, 0.25) is 0 Å². The molecule has 2 rings (SSSR count). The largest absolute Gasteiger partial charge is 0.334 e. The lowest BCUT2D eigenvalue weighted by Gasteiger charge is -1.99. The molecule has 1 aromatic carbocycles. The fourth-order valence-electron chi connectivity index (χ4n) is 1.46. The lowest BCUT2D eigenvalue weighted by atomic mass is 10.1. The van der Waals surface area contributed by atoms with E-state index in [-0.39, 0.29) is 17.5 Å². The number of non-ortho nitro benzene ring substituents is 1. The minimum Gasteiger partial charge on any atom is -0.334 e. The maximum Gasteiger partial charge on any atom is 0.271 e. The highest BCUT2D eigenvalue weighted by atomic mass is 79.9. The first-order valence-corrected chi connectivity index (χ1v) is 6.29. The van der Waals surface area contributed by atoms with E-state index in [1.54, 1.807) is 6.07 Å². The van der Waals surface area contributed by atoms with Gasteiger partial charge in [0.15, 0.2) is 5.82 Å². The maximum absolute atomic E-state index is 10.8. The molecule has 1 aromatic heterocycles. The van der Waals surface area contributed by atoms with Crippen molar-refractivity contribution in [2.24, 2.45) is 5.73 Å². The molecule has 0 aliphatic heterocycles. The van der Waals surface area contributed by atoms with E-state index < -0.39 is 4.92 Å². The number of aromatic nitrogens is 2. The second-order valence-corrected chi connectivity index (χ2v) is 4.97. The van der Waals surface area contributed by atoms with Gasteiger partial charge in [-0.3, -0.25) is 10.1 Å². The van der Waals surface area contributed by atoms with Crippen LogP contribution >= 0.6 is 15.9 Å². The third-order valence-corrected chi connectivity index (χ3v) is 3.03. The molecule has 19 heavy (non-hydrogen) atoms. The Morgan fingerprint density at radius 1 is 1.53 bits per heavy atom. The fraction of sp³-hybridized carbons (Fsp3) is 0.273. The van der Waals surface area contributed by atoms with Gasteiger partial charge in [0.1, 0.15) is 0 Å². The summed E-state index contributed by atoms with van der Waals surface area (Å²) < 4.78 is 5.68. The number of hydrogen-bond donors (Lipinski definition) is 1. The van der Waals surface area contributed by atoms with Crippen LogP contribution in [0, 0.1) is 10.1 Å². The van der Waals surface area contributed by atoms with Gasteiger partial charge in [-0.1, -0.05) is 28.0 Å². The van der Waals surface area contributed by atoms with Gasteiger partial charge in [-0.05, 0) is 6.07 Å². The lowest BCUT2D eigenvalue weighted by molar-refractivity contribution is -0.384. The Bertz CT molecular complexity index is 614. The number of nitro benzene ring substituents is 1. The molecule has 0 aliphatic carbocycles. The smallest absolute Gasteiger partial charge is 0.271 e. The van der Waals surface area contributed by atoms with Crippen LogP contribution in [0.25, 0.3) is 11.5 Å². The molecule has 0 saturated heterocycles. The highest BCUT2D eigenvalue weighted by Gasteiger charge is 2.17. The molecule has 100 valence electrons. The molecule has 0 aliphatic rings. The quantitative estimate of drug-likeness (QED) is 0.682. The SMILES string of the molecule is CC(CN)c1noc(-c2cc(Br)cc([N+](=O)[O-])c2)n1. The Hall–Kier alpha value is -1.80. The maximum atomic E-state index is 10.8. The molecule has 0 bridgehead atoms. The number of nitro groups is 1. The van der Waals surface area contributed by atoms with Crippen molar-refractivity contribution >= 4 is 21.6 Å². The minimum atomic E-state index is -0.478. The van der Waals surface area contributed by atoms with Gasteiger partial charge in [-0.2, -0.15) is 4.98 Å². The van der Waals surface area contributed by atoms with Crippen LogP contribution in [0.15, 0.2) is 27.2 Å². The molecule has 1 atom stereocenters. The number of nitrogens with zero attached hydrogens (tertiary/aromatic N) is 3. The third-order valence-electron chi connectivity index (χ3n) is 2.58. The molecule has 0 fully saturated rings. The summed E-state index contributed by atoms with van der Waals surface area (Å²) in [5.74, 6) is 0.694. The Kier molecular flexibility index (Phi) is 3.91. The first kappa shape index (κ1) is 13.6. The van der Waals surface area contributed by atoms with Crippen LogP contribution in [0.1, 0.15) is 18.7 Å². The molecule has 2 N–H and O–H groups in total. The Balaban J connectivity index is 2.41. The number of nitrogens with two attached hydrogens (primary N) is 1. The van der Waals surface area contributed by atoms with Crippen LogP contribution in [0.4, 0.5) is 5.69 Å². The Morgan fingerprint density at radius 2 is 2.26 bits per heavy atom. The van der Waals surface area contributed by atoms with E-state index in [9.17, 15) is 10.1 Å². The number of halogens is 1. The van der Waals surface area contributed by atoms with E-state index in [1.165, 1.54) is 12.1 Å². The van der Waals surface area contributed by atoms with E-state index in [1.807, 2.05) is 6.92 Å². The van der Waals surface area contributed by atoms with Crippen molar-refractivity contribution in [3.8, 4) is 11.5 Å². The third kappa shape index (κ3) is 2.96. The van der Waals surface area contributed by atoms with Crippen molar-refractivity contribution in [1.82, 2.24) is 10.1 Å². The first-order valence-electron chi connectivity index (χ1n) is 5.50. The van der Waals surface area contributed by atoms with Gasteiger partial charge >= 0.3 is 0 Å². The van der Waals surface area contributed by atoms with E-state index in [2.05, 4.69) is 26.1 Å². The van der Waals surface area contributed by atoms with E-state index in [0.29, 0.717) is 22.4 Å². The summed E-state index contributed by atoms with van der Waals surface area (Å²) in [6.45, 7) is 2.27. The molecule has 0 radical (unpaired) electrons. The van der Waals surface area contributed by atoms with Crippen molar-refractivity contribution in [3.63, 3.8) is 0 Å². The van der Waals surface area contributed by atoms with Crippen LogP contribution in [0.2, 0.25) is 0 Å². The highest BCUT2D eigenvalue weighted by Crippen LogP contribution is 2.28. The number of rotatable bonds is 4. The molecule has 8 heteroatoms. The Morgan fingerprint density at radius 3 is 2.89 bits per heavy atom. The van der Waals surface area contributed by atoms with E-state index >= 15 is 0 Å². The van der Waals surface area contributed by atoms with Gasteiger partial charge in [0.05, 0.1) is 4.92 Å².